The summed E-state index contributed by atoms with van der Waals surface area (Å²) >= 11 is 0. The van der Waals surface area contributed by atoms with Crippen LogP contribution in [0, 0.1) is 0 Å². The van der Waals surface area contributed by atoms with Gasteiger partial charge in [0.25, 0.3) is 0 Å². The van der Waals surface area contributed by atoms with Crippen molar-refractivity contribution in [2.45, 2.75) is 18.0 Å². The molecule has 1 fully saturated rings. The van der Waals surface area contributed by atoms with E-state index >= 15 is 0 Å². The molecule has 0 radical (unpaired) electrons. The van der Waals surface area contributed by atoms with Crippen LogP contribution in [0.15, 0.2) is 35.4 Å². The van der Waals surface area contributed by atoms with Gasteiger partial charge in [0.1, 0.15) is 6.04 Å². The molecule has 0 saturated carbocycles. The molecule has 0 bridgehead atoms. The third kappa shape index (κ3) is 3.15. The Labute approximate surface area is 124 Å². The van der Waals surface area contributed by atoms with Gasteiger partial charge in [-0.05, 0) is 11.1 Å². The average Bonchev–Trinajstić information content (AvgIpc) is 2.50. The Hall–Kier alpha value is -3.06. The molecular weight excluding hydrogens is 290 g/mol. The van der Waals surface area contributed by atoms with Crippen molar-refractivity contribution in [1.29, 1.82) is 0 Å². The van der Waals surface area contributed by atoms with Crippen molar-refractivity contribution >= 4 is 17.8 Å². The first kappa shape index (κ1) is 15.3. The van der Waals surface area contributed by atoms with Gasteiger partial charge in [0.05, 0.1) is 6.04 Å². The van der Waals surface area contributed by atoms with E-state index in [-0.39, 0.29) is 6.54 Å². The van der Waals surface area contributed by atoms with Crippen molar-refractivity contribution in [3.05, 3.63) is 46.3 Å². The summed E-state index contributed by atoms with van der Waals surface area (Å²) in [6, 6.07) is 6.57. The fourth-order valence-electron chi connectivity index (χ4n) is 2.17. The molecule has 1 saturated heterocycles. The summed E-state index contributed by atoms with van der Waals surface area (Å²) in [5.74, 6) is -3.95. The number of aliphatic carboxylic acids is 1. The molecule has 22 heavy (non-hydrogen) atoms. The highest BCUT2D eigenvalue weighted by Crippen LogP contribution is 2.17. The molecule has 1 aromatic carbocycles. The van der Waals surface area contributed by atoms with E-state index in [1.807, 2.05) is 0 Å². The van der Waals surface area contributed by atoms with E-state index < -0.39 is 35.8 Å². The lowest BCUT2D eigenvalue weighted by molar-refractivity contribution is -0.145. The first-order valence-electron chi connectivity index (χ1n) is 6.44. The van der Waals surface area contributed by atoms with Crippen LogP contribution in [0.4, 0.5) is 0 Å². The number of carbonyl (C=O) groups is 3. The maximum Gasteiger partial charge on any atom is 0.320 e. The minimum atomic E-state index is -1.41. The highest BCUT2D eigenvalue weighted by atomic mass is 16.4. The van der Waals surface area contributed by atoms with Crippen LogP contribution in [-0.2, 0) is 14.4 Å². The first-order valence-corrected chi connectivity index (χ1v) is 6.44. The molecule has 1 aliphatic heterocycles. The lowest BCUT2D eigenvalue weighted by Crippen LogP contribution is -2.70. The topological polar surface area (TPSA) is 144 Å². The summed E-state index contributed by atoms with van der Waals surface area (Å²) in [6.45, 7) is -0.0176. The predicted octanol–water partition coefficient (Wildman–Crippen LogP) is 0.148. The summed E-state index contributed by atoms with van der Waals surface area (Å²) in [5, 5.41) is 17.4. The molecule has 0 spiro atoms. The number of carboxylic acid groups (broad SMARTS) is 1. The van der Waals surface area contributed by atoms with Gasteiger partial charge in [-0.3, -0.25) is 14.4 Å². The molecule has 3 N–H and O–H groups in total. The highest BCUT2D eigenvalue weighted by molar-refractivity contribution is 6.05. The number of azide groups is 1. The lowest BCUT2D eigenvalue weighted by atomic mass is 9.95. The molecular formula is C13H13N5O4. The molecule has 1 unspecified atom stereocenters. The Morgan fingerprint density at radius 1 is 1.41 bits per heavy atom. The van der Waals surface area contributed by atoms with Crippen molar-refractivity contribution < 1.29 is 19.5 Å². The molecule has 1 aromatic rings. The van der Waals surface area contributed by atoms with Gasteiger partial charge in [0.15, 0.2) is 5.92 Å². The number of nitrogens with one attached hydrogen (secondary N) is 2. The number of β-lactam (4-membered cyclic amide) rings is 1. The Balaban J connectivity index is 2.10. The normalized spacial score (nSPS) is 20.8. The van der Waals surface area contributed by atoms with Crippen LogP contribution < -0.4 is 10.6 Å². The molecule has 3 atom stereocenters. The molecule has 9 nitrogen and oxygen atoms in total. The van der Waals surface area contributed by atoms with E-state index in [4.69, 9.17) is 5.53 Å². The third-order valence-electron chi connectivity index (χ3n) is 3.29. The Morgan fingerprint density at radius 3 is 2.64 bits per heavy atom. The number of nitrogens with zero attached hydrogens (tertiary/aromatic N) is 3. The number of hydrogen-bond acceptors (Lipinski definition) is 4. The van der Waals surface area contributed by atoms with Gasteiger partial charge in [-0.1, -0.05) is 35.4 Å². The number of amides is 2. The van der Waals surface area contributed by atoms with E-state index in [2.05, 4.69) is 20.7 Å². The van der Waals surface area contributed by atoms with Gasteiger partial charge >= 0.3 is 5.97 Å². The number of carbonyl (C=O) groups excluding carboxylic acids is 2. The third-order valence-corrected chi connectivity index (χ3v) is 3.29. The van der Waals surface area contributed by atoms with Gasteiger partial charge in [-0.25, -0.2) is 0 Å². The summed E-state index contributed by atoms with van der Waals surface area (Å²) in [6.07, 6.45) is 0. The van der Waals surface area contributed by atoms with Gasteiger partial charge in [0.2, 0.25) is 11.8 Å². The molecule has 2 rings (SSSR count). The van der Waals surface area contributed by atoms with E-state index in [0.717, 1.165) is 0 Å². The second kappa shape index (κ2) is 6.59. The van der Waals surface area contributed by atoms with Crippen LogP contribution >= 0.6 is 0 Å². The molecule has 1 aliphatic rings. The van der Waals surface area contributed by atoms with Crippen LogP contribution in [0.5, 0.6) is 0 Å². The Bertz CT molecular complexity index is 641. The van der Waals surface area contributed by atoms with Crippen LogP contribution in [-0.4, -0.2) is 41.5 Å². The molecule has 114 valence electrons. The lowest BCUT2D eigenvalue weighted by Gasteiger charge is -2.36. The van der Waals surface area contributed by atoms with Gasteiger partial charge in [-0.15, -0.1) is 0 Å². The minimum absolute atomic E-state index is 0.0176. The highest BCUT2D eigenvalue weighted by Gasteiger charge is 2.41. The van der Waals surface area contributed by atoms with Crippen molar-refractivity contribution in [2.75, 3.05) is 6.54 Å². The fraction of sp³-hybridized carbons (Fsp3) is 0.308. The quantitative estimate of drug-likeness (QED) is 0.226. The second-order valence-corrected chi connectivity index (χ2v) is 4.70. The van der Waals surface area contributed by atoms with Crippen molar-refractivity contribution in [3.63, 3.8) is 0 Å². The van der Waals surface area contributed by atoms with Crippen LogP contribution in [0.25, 0.3) is 10.4 Å². The summed E-state index contributed by atoms with van der Waals surface area (Å²) in [7, 11) is 0. The first-order chi connectivity index (χ1) is 10.5. The van der Waals surface area contributed by atoms with E-state index in [9.17, 15) is 19.5 Å². The van der Waals surface area contributed by atoms with Crippen LogP contribution in [0.1, 0.15) is 11.5 Å². The van der Waals surface area contributed by atoms with Gasteiger partial charge in [0, 0.05) is 11.5 Å². The van der Waals surface area contributed by atoms with Crippen molar-refractivity contribution in [3.8, 4) is 0 Å². The zero-order valence-electron chi connectivity index (χ0n) is 11.3. The average molecular weight is 303 g/mol. The van der Waals surface area contributed by atoms with Gasteiger partial charge < -0.3 is 15.7 Å². The molecule has 0 aliphatic carbocycles. The van der Waals surface area contributed by atoms with Crippen LogP contribution in [0.2, 0.25) is 0 Å². The Morgan fingerprint density at radius 2 is 2.09 bits per heavy atom. The minimum Gasteiger partial charge on any atom is -0.480 e. The van der Waals surface area contributed by atoms with E-state index in [1.165, 1.54) is 12.1 Å². The van der Waals surface area contributed by atoms with Crippen molar-refractivity contribution in [1.82, 2.24) is 10.6 Å². The molecule has 2 amide bonds. The largest absolute Gasteiger partial charge is 0.480 e. The maximum atomic E-state index is 12.2. The zero-order chi connectivity index (χ0) is 16.1. The van der Waals surface area contributed by atoms with Gasteiger partial charge in [-0.2, -0.15) is 0 Å². The smallest absolute Gasteiger partial charge is 0.320 e. The number of rotatable bonds is 6. The van der Waals surface area contributed by atoms with Crippen molar-refractivity contribution in [2.24, 2.45) is 5.11 Å². The Kier molecular flexibility index (Phi) is 4.60. The maximum absolute atomic E-state index is 12.2. The number of hydrogen-bond donors (Lipinski definition) is 3. The number of benzene rings is 1. The SMILES string of the molecule is [N-]=[N+]=NC[C@@H]1NC(=O)[C@@H]1NC(=O)C(C(=O)O)c1ccccc1. The molecule has 1 heterocycles. The van der Waals surface area contributed by atoms with E-state index in [1.54, 1.807) is 18.2 Å². The fourth-order valence-corrected chi connectivity index (χ4v) is 2.17. The monoisotopic (exact) mass is 303 g/mol. The second-order valence-electron chi connectivity index (χ2n) is 4.70. The van der Waals surface area contributed by atoms with Crippen LogP contribution in [0.3, 0.4) is 0 Å². The molecule has 9 heteroatoms. The standard InChI is InChI=1S/C13H13N5O4/c14-18-15-6-8-10(12(20)16-8)17-11(19)9(13(21)22)7-4-2-1-3-5-7/h1-5,8-10H,6H2,(H,16,20)(H,17,19)(H,21,22)/t8-,9?,10+/m0/s1. The van der Waals surface area contributed by atoms with E-state index in [0.29, 0.717) is 5.56 Å². The molecule has 0 aromatic heterocycles. The number of carboxylic acids is 1. The predicted molar refractivity (Wildman–Crippen MR) is 74.7 cm³/mol. The summed E-state index contributed by atoms with van der Waals surface area (Å²) < 4.78 is 0. The summed E-state index contributed by atoms with van der Waals surface area (Å²) in [5.41, 5.74) is 8.58. The summed E-state index contributed by atoms with van der Waals surface area (Å²) in [4.78, 5) is 37.5. The zero-order valence-corrected chi connectivity index (χ0v) is 11.3.